The monoisotopic (exact) mass is 442 g/mol. The number of fused-ring (bicyclic) bond motifs is 1. The predicted octanol–water partition coefficient (Wildman–Crippen LogP) is 3.90. The molecule has 6 nitrogen and oxygen atoms in total. The van der Waals surface area contributed by atoms with Crippen LogP contribution in [0.25, 0.3) is 0 Å². The lowest BCUT2D eigenvalue weighted by atomic mass is 9.78. The number of carbonyl (C=O) groups is 2. The first-order valence-electron chi connectivity index (χ1n) is 11.0. The third-order valence-electron chi connectivity index (χ3n) is 6.30. The number of ether oxygens (including phenoxy) is 2. The van der Waals surface area contributed by atoms with Gasteiger partial charge in [-0.2, -0.15) is 0 Å². The maximum atomic E-state index is 13.1. The van der Waals surface area contributed by atoms with E-state index in [-0.39, 0.29) is 23.1 Å². The summed E-state index contributed by atoms with van der Waals surface area (Å²) in [6.07, 6.45) is 4.29. The highest BCUT2D eigenvalue weighted by molar-refractivity contribution is 7.12. The molecule has 2 aliphatic rings. The zero-order valence-electron chi connectivity index (χ0n) is 18.1. The number of thiophene rings is 1. The van der Waals surface area contributed by atoms with Crippen molar-refractivity contribution in [1.82, 2.24) is 10.6 Å². The lowest BCUT2D eigenvalue weighted by Crippen LogP contribution is -2.52. The molecule has 2 amide bonds. The van der Waals surface area contributed by atoms with E-state index < -0.39 is 6.04 Å². The van der Waals surface area contributed by atoms with E-state index >= 15 is 0 Å². The molecule has 166 valence electrons. The Balaban J connectivity index is 1.47. The van der Waals surface area contributed by atoms with Crippen LogP contribution in [-0.4, -0.2) is 37.6 Å². The van der Waals surface area contributed by atoms with Gasteiger partial charge in [0.05, 0.1) is 4.88 Å². The Morgan fingerprint density at radius 2 is 1.84 bits per heavy atom. The third kappa shape index (κ3) is 4.71. The summed E-state index contributed by atoms with van der Waals surface area (Å²) in [7, 11) is 0. The quantitative estimate of drug-likeness (QED) is 0.682. The van der Waals surface area contributed by atoms with Gasteiger partial charge in [-0.3, -0.25) is 9.59 Å². The van der Waals surface area contributed by atoms with Crippen molar-refractivity contribution < 1.29 is 19.1 Å². The van der Waals surface area contributed by atoms with Gasteiger partial charge in [-0.1, -0.05) is 38.8 Å². The lowest BCUT2D eigenvalue weighted by molar-refractivity contribution is -0.124. The average Bonchev–Trinajstić information content (AvgIpc) is 3.48. The normalized spacial score (nSPS) is 17.9. The van der Waals surface area contributed by atoms with Crippen LogP contribution in [0.5, 0.6) is 11.5 Å². The van der Waals surface area contributed by atoms with Gasteiger partial charge in [0.15, 0.2) is 11.5 Å². The van der Waals surface area contributed by atoms with Crippen molar-refractivity contribution in [2.75, 3.05) is 19.8 Å². The summed E-state index contributed by atoms with van der Waals surface area (Å²) in [4.78, 5) is 26.2. The Morgan fingerprint density at radius 1 is 1.10 bits per heavy atom. The van der Waals surface area contributed by atoms with Crippen molar-refractivity contribution in [3.8, 4) is 11.5 Å². The fraction of sp³-hybridized carbons (Fsp3) is 0.500. The molecule has 31 heavy (non-hydrogen) atoms. The minimum atomic E-state index is -0.576. The van der Waals surface area contributed by atoms with Crippen LogP contribution in [0.4, 0.5) is 0 Å². The summed E-state index contributed by atoms with van der Waals surface area (Å²) >= 11 is 1.37. The predicted molar refractivity (Wildman–Crippen MR) is 121 cm³/mol. The van der Waals surface area contributed by atoms with E-state index in [1.54, 1.807) is 6.07 Å². The van der Waals surface area contributed by atoms with E-state index in [0.717, 1.165) is 37.2 Å². The fourth-order valence-corrected chi connectivity index (χ4v) is 5.14. The van der Waals surface area contributed by atoms with Gasteiger partial charge in [0.1, 0.15) is 19.3 Å². The second kappa shape index (κ2) is 9.30. The lowest BCUT2D eigenvalue weighted by Gasteiger charge is -2.32. The van der Waals surface area contributed by atoms with Crippen molar-refractivity contribution in [2.24, 2.45) is 5.92 Å². The summed E-state index contributed by atoms with van der Waals surface area (Å²) < 4.78 is 11.4. The molecule has 4 rings (SSSR count). The maximum Gasteiger partial charge on any atom is 0.262 e. The van der Waals surface area contributed by atoms with Crippen LogP contribution in [0.3, 0.4) is 0 Å². The number of nitrogens with one attached hydrogen (secondary N) is 2. The van der Waals surface area contributed by atoms with E-state index in [4.69, 9.17) is 9.47 Å². The van der Waals surface area contributed by atoms with Gasteiger partial charge in [0, 0.05) is 12.0 Å². The van der Waals surface area contributed by atoms with Crippen LogP contribution in [0.15, 0.2) is 35.7 Å². The summed E-state index contributed by atoms with van der Waals surface area (Å²) in [5.41, 5.74) is 1.06. The van der Waals surface area contributed by atoms with Gasteiger partial charge in [0.2, 0.25) is 5.91 Å². The minimum Gasteiger partial charge on any atom is -0.486 e. The van der Waals surface area contributed by atoms with Crippen molar-refractivity contribution in [3.05, 3.63) is 46.2 Å². The van der Waals surface area contributed by atoms with Crippen LogP contribution < -0.4 is 20.1 Å². The molecule has 0 radical (unpaired) electrons. The molecule has 0 saturated heterocycles. The number of carbonyl (C=O) groups excluding carboxylic acids is 2. The van der Waals surface area contributed by atoms with Crippen LogP contribution in [0.1, 0.15) is 54.8 Å². The Morgan fingerprint density at radius 3 is 2.52 bits per heavy atom. The molecule has 7 heteroatoms. The molecule has 1 fully saturated rings. The molecule has 1 atom stereocenters. The Kier molecular flexibility index (Phi) is 6.51. The second-order valence-electron chi connectivity index (χ2n) is 8.74. The molecule has 2 N–H and O–H groups in total. The van der Waals surface area contributed by atoms with Crippen molar-refractivity contribution in [3.63, 3.8) is 0 Å². The molecule has 1 unspecified atom stereocenters. The molecule has 1 aromatic heterocycles. The summed E-state index contributed by atoms with van der Waals surface area (Å²) in [6, 6.07) is 9.18. The second-order valence-corrected chi connectivity index (χ2v) is 9.68. The van der Waals surface area contributed by atoms with Crippen molar-refractivity contribution in [2.45, 2.75) is 51.0 Å². The molecular weight excluding hydrogens is 412 g/mol. The summed E-state index contributed by atoms with van der Waals surface area (Å²) in [5, 5.41) is 7.92. The van der Waals surface area contributed by atoms with E-state index in [1.165, 1.54) is 16.9 Å². The summed E-state index contributed by atoms with van der Waals surface area (Å²) in [6.45, 7) is 5.57. The van der Waals surface area contributed by atoms with Gasteiger partial charge in [0.25, 0.3) is 5.91 Å². The minimum absolute atomic E-state index is 0.0160. The van der Waals surface area contributed by atoms with Crippen LogP contribution in [0.2, 0.25) is 0 Å². The molecule has 1 aromatic carbocycles. The van der Waals surface area contributed by atoms with E-state index in [0.29, 0.717) is 24.6 Å². The van der Waals surface area contributed by atoms with E-state index in [9.17, 15) is 9.59 Å². The van der Waals surface area contributed by atoms with Crippen LogP contribution >= 0.6 is 11.3 Å². The van der Waals surface area contributed by atoms with Gasteiger partial charge in [-0.15, -0.1) is 11.3 Å². The van der Waals surface area contributed by atoms with Gasteiger partial charge >= 0.3 is 0 Å². The molecular formula is C24H30N2O4S. The standard InChI is InChI=1S/C24H30N2O4S/c1-16(2)21(26-22(27)20-6-5-13-31-20)23(28)25-15-24(9-3-4-10-24)17-7-8-18-19(14-17)30-12-11-29-18/h5-8,13-14,16,21H,3-4,9-12,15H2,1-2H3,(H,25,28)(H,26,27). The Labute approximate surface area is 187 Å². The van der Waals surface area contributed by atoms with Gasteiger partial charge < -0.3 is 20.1 Å². The summed E-state index contributed by atoms with van der Waals surface area (Å²) in [5.74, 6) is 1.21. The van der Waals surface area contributed by atoms with E-state index in [1.807, 2.05) is 31.4 Å². The molecule has 2 heterocycles. The SMILES string of the molecule is CC(C)C(NC(=O)c1cccs1)C(=O)NCC1(c2ccc3c(c2)OCCO3)CCCC1. The first kappa shape index (κ1) is 21.7. The van der Waals surface area contributed by atoms with Crippen molar-refractivity contribution in [1.29, 1.82) is 0 Å². The first-order valence-corrected chi connectivity index (χ1v) is 11.9. The Hall–Kier alpha value is -2.54. The largest absolute Gasteiger partial charge is 0.486 e. The first-order chi connectivity index (χ1) is 15.0. The maximum absolute atomic E-state index is 13.1. The van der Waals surface area contributed by atoms with Gasteiger partial charge in [-0.25, -0.2) is 0 Å². The molecule has 0 spiro atoms. The van der Waals surface area contributed by atoms with Crippen molar-refractivity contribution >= 4 is 23.2 Å². The zero-order valence-corrected chi connectivity index (χ0v) is 18.9. The van der Waals surface area contributed by atoms with Gasteiger partial charge in [-0.05, 0) is 47.9 Å². The molecule has 1 aliphatic heterocycles. The number of hydrogen-bond donors (Lipinski definition) is 2. The number of benzene rings is 1. The smallest absolute Gasteiger partial charge is 0.262 e. The number of amides is 2. The highest BCUT2D eigenvalue weighted by atomic mass is 32.1. The number of rotatable bonds is 7. The topological polar surface area (TPSA) is 76.7 Å². The fourth-order valence-electron chi connectivity index (χ4n) is 4.51. The molecule has 1 aliphatic carbocycles. The molecule has 0 bridgehead atoms. The number of hydrogen-bond acceptors (Lipinski definition) is 5. The van der Waals surface area contributed by atoms with Crippen LogP contribution in [-0.2, 0) is 10.2 Å². The molecule has 2 aromatic rings. The molecule has 1 saturated carbocycles. The zero-order chi connectivity index (χ0) is 21.8. The third-order valence-corrected chi connectivity index (χ3v) is 7.17. The van der Waals surface area contributed by atoms with E-state index in [2.05, 4.69) is 22.8 Å². The average molecular weight is 443 g/mol. The van der Waals surface area contributed by atoms with Crippen LogP contribution in [0, 0.1) is 5.92 Å². The highest BCUT2D eigenvalue weighted by Gasteiger charge is 2.37. The Bertz CT molecular complexity index is 920. The highest BCUT2D eigenvalue weighted by Crippen LogP contribution is 2.43.